The largest absolute Gasteiger partial charge is 0.480 e. The number of H-pyrrole nitrogens is 1. The summed E-state index contributed by atoms with van der Waals surface area (Å²) in [5.41, 5.74) is 29.4. The first-order chi connectivity index (χ1) is 20.8. The summed E-state index contributed by atoms with van der Waals surface area (Å²) in [6.45, 7) is 1.50. The third-order valence-corrected chi connectivity index (χ3v) is 6.65. The smallest absolute Gasteiger partial charge is 0.328 e. The number of aliphatic imine (C=N–C) groups is 2. The number of guanidine groups is 2. The number of hydrogen-bond donors (Lipinski definition) is 11. The number of nitrogens with one attached hydrogen (secondary N) is 4. The lowest BCUT2D eigenvalue weighted by molar-refractivity contribution is -0.145. The minimum atomic E-state index is -1.63. The second-order valence-corrected chi connectivity index (χ2v) is 10.3. The van der Waals surface area contributed by atoms with Crippen LogP contribution in [-0.2, 0) is 25.6 Å². The van der Waals surface area contributed by atoms with Crippen molar-refractivity contribution in [2.75, 3.05) is 13.1 Å². The van der Waals surface area contributed by atoms with E-state index in [9.17, 15) is 29.4 Å². The van der Waals surface area contributed by atoms with Gasteiger partial charge in [0, 0.05) is 30.2 Å². The summed E-state index contributed by atoms with van der Waals surface area (Å²) < 4.78 is 0. The lowest BCUT2D eigenvalue weighted by Crippen LogP contribution is -2.58. The highest BCUT2D eigenvalue weighted by Gasteiger charge is 2.31. The van der Waals surface area contributed by atoms with Gasteiger partial charge in [0.2, 0.25) is 17.7 Å². The molecule has 1 heterocycles. The van der Waals surface area contributed by atoms with Gasteiger partial charge in [-0.25, -0.2) is 4.79 Å². The van der Waals surface area contributed by atoms with Crippen molar-refractivity contribution in [3.05, 3.63) is 36.0 Å². The molecule has 17 nitrogen and oxygen atoms in total. The van der Waals surface area contributed by atoms with E-state index in [1.807, 2.05) is 24.3 Å². The number of aromatic amines is 1. The molecule has 242 valence electrons. The summed E-state index contributed by atoms with van der Waals surface area (Å²) in [6.07, 6.45) is 1.15. The van der Waals surface area contributed by atoms with Gasteiger partial charge < -0.3 is 59.8 Å². The van der Waals surface area contributed by atoms with Crippen LogP contribution < -0.4 is 44.6 Å². The zero-order valence-corrected chi connectivity index (χ0v) is 24.5. The van der Waals surface area contributed by atoms with Crippen LogP contribution in [0.15, 0.2) is 40.4 Å². The predicted molar refractivity (Wildman–Crippen MR) is 165 cm³/mol. The number of benzene rings is 1. The minimum absolute atomic E-state index is 0.00917. The number of para-hydroxylation sites is 1. The van der Waals surface area contributed by atoms with E-state index in [0.29, 0.717) is 6.42 Å². The number of aliphatic hydroxyl groups excluding tert-OH is 1. The maximum Gasteiger partial charge on any atom is 0.328 e. The molecule has 3 amide bonds. The van der Waals surface area contributed by atoms with Crippen molar-refractivity contribution >= 4 is 46.5 Å². The molecule has 2 rings (SSSR count). The predicted octanol–water partition coefficient (Wildman–Crippen LogP) is -2.94. The van der Waals surface area contributed by atoms with Gasteiger partial charge in [-0.3, -0.25) is 24.4 Å². The summed E-state index contributed by atoms with van der Waals surface area (Å²) in [6, 6.07) is 2.50. The first-order valence-corrected chi connectivity index (χ1v) is 14.0. The molecule has 44 heavy (non-hydrogen) atoms. The van der Waals surface area contributed by atoms with Gasteiger partial charge in [-0.1, -0.05) is 18.2 Å². The van der Waals surface area contributed by atoms with Gasteiger partial charge in [-0.15, -0.1) is 0 Å². The number of carboxylic acid groups (broad SMARTS) is 1. The fourth-order valence-electron chi connectivity index (χ4n) is 4.37. The number of rotatable bonds is 18. The van der Waals surface area contributed by atoms with E-state index < -0.39 is 54.0 Å². The summed E-state index contributed by atoms with van der Waals surface area (Å²) in [7, 11) is 0. The Balaban J connectivity index is 2.21. The van der Waals surface area contributed by atoms with Crippen molar-refractivity contribution in [2.24, 2.45) is 38.7 Å². The van der Waals surface area contributed by atoms with E-state index >= 15 is 0 Å². The Morgan fingerprint density at radius 3 is 1.91 bits per heavy atom. The number of nitrogens with zero attached hydrogens (tertiary/aromatic N) is 2. The molecule has 0 spiro atoms. The lowest BCUT2D eigenvalue weighted by Gasteiger charge is -2.26. The van der Waals surface area contributed by atoms with Crippen LogP contribution in [0.3, 0.4) is 0 Å². The van der Waals surface area contributed by atoms with Gasteiger partial charge in [0.25, 0.3) is 0 Å². The normalized spacial score (nSPS) is 14.3. The second kappa shape index (κ2) is 17.3. The molecule has 0 aliphatic carbocycles. The van der Waals surface area contributed by atoms with Gasteiger partial charge >= 0.3 is 5.97 Å². The van der Waals surface area contributed by atoms with E-state index in [-0.39, 0.29) is 50.7 Å². The number of carboxylic acids is 1. The highest BCUT2D eigenvalue weighted by atomic mass is 16.4. The Kier molecular flexibility index (Phi) is 13.9. The average molecular weight is 618 g/mol. The molecule has 0 radical (unpaired) electrons. The number of hydrogen-bond acceptors (Lipinski definition) is 8. The molecule has 0 aliphatic heterocycles. The summed E-state index contributed by atoms with van der Waals surface area (Å²) in [5.74, 6) is -3.97. The van der Waals surface area contributed by atoms with E-state index in [1.54, 1.807) is 6.20 Å². The number of amides is 3. The van der Waals surface area contributed by atoms with Crippen molar-refractivity contribution in [1.82, 2.24) is 20.9 Å². The monoisotopic (exact) mass is 617 g/mol. The maximum atomic E-state index is 13.5. The number of aliphatic hydroxyl groups is 1. The van der Waals surface area contributed by atoms with Gasteiger partial charge in [0.05, 0.1) is 12.1 Å². The van der Waals surface area contributed by atoms with Crippen molar-refractivity contribution in [3.8, 4) is 0 Å². The number of aromatic nitrogens is 1. The van der Waals surface area contributed by atoms with Crippen LogP contribution in [0.4, 0.5) is 0 Å². The zero-order chi connectivity index (χ0) is 32.8. The highest BCUT2D eigenvalue weighted by Crippen LogP contribution is 2.19. The lowest BCUT2D eigenvalue weighted by atomic mass is 10.0. The topological polar surface area (TPSA) is 315 Å². The van der Waals surface area contributed by atoms with Gasteiger partial charge in [0.1, 0.15) is 12.1 Å². The molecule has 5 atom stereocenters. The third-order valence-electron chi connectivity index (χ3n) is 6.65. The number of carbonyl (C=O) groups excluding carboxylic acids is 3. The summed E-state index contributed by atoms with van der Waals surface area (Å²) in [5, 5.41) is 27.5. The molecule has 0 bridgehead atoms. The minimum Gasteiger partial charge on any atom is -0.480 e. The van der Waals surface area contributed by atoms with E-state index in [1.165, 1.54) is 6.92 Å². The van der Waals surface area contributed by atoms with Crippen LogP contribution in [0.1, 0.15) is 38.2 Å². The van der Waals surface area contributed by atoms with Crippen molar-refractivity contribution in [1.29, 1.82) is 0 Å². The second-order valence-electron chi connectivity index (χ2n) is 10.3. The molecular weight excluding hydrogens is 574 g/mol. The van der Waals surface area contributed by atoms with Gasteiger partial charge in [-0.2, -0.15) is 0 Å². The fraction of sp³-hybridized carbons (Fsp3) is 0.481. The van der Waals surface area contributed by atoms with Gasteiger partial charge in [-0.05, 0) is 50.7 Å². The summed E-state index contributed by atoms with van der Waals surface area (Å²) in [4.78, 5) is 62.1. The van der Waals surface area contributed by atoms with E-state index in [4.69, 9.17) is 28.7 Å². The molecule has 17 heteroatoms. The summed E-state index contributed by atoms with van der Waals surface area (Å²) >= 11 is 0. The number of carbonyl (C=O) groups is 4. The number of fused-ring (bicyclic) bond motifs is 1. The molecule has 0 aliphatic rings. The molecule has 1 aromatic carbocycles. The van der Waals surface area contributed by atoms with Crippen LogP contribution >= 0.6 is 0 Å². The number of nitrogens with two attached hydrogens (primary N) is 5. The number of aliphatic carboxylic acids is 1. The SMILES string of the molecule is CC(O)C(NC(=O)C(CCCN=C(N)N)NC(=O)C(CCCN=C(N)N)NC(=O)C(N)Cc1c[nH]c2ccccc12)C(=O)O. The zero-order valence-electron chi connectivity index (χ0n) is 24.5. The highest BCUT2D eigenvalue weighted by molar-refractivity contribution is 5.94. The van der Waals surface area contributed by atoms with Gasteiger partial charge in [0.15, 0.2) is 18.0 Å². The van der Waals surface area contributed by atoms with E-state index in [2.05, 4.69) is 30.9 Å². The molecule has 16 N–H and O–H groups in total. The molecule has 2 aromatic rings. The molecule has 0 saturated carbocycles. The maximum absolute atomic E-state index is 13.5. The first-order valence-electron chi connectivity index (χ1n) is 14.0. The quantitative estimate of drug-likeness (QED) is 0.0456. The van der Waals surface area contributed by atoms with Crippen LogP contribution in [0.2, 0.25) is 0 Å². The van der Waals surface area contributed by atoms with E-state index in [0.717, 1.165) is 16.5 Å². The first kappa shape index (κ1) is 35.3. The Morgan fingerprint density at radius 2 is 1.39 bits per heavy atom. The standard InChI is InChI=1S/C27H43N11O6/c1-14(39)21(25(43)44)38-24(42)20(9-5-11-34-27(31)32)37-23(41)19(8-4-10-33-26(29)30)36-22(40)17(28)12-15-13-35-18-7-3-2-6-16(15)18/h2-3,6-7,13-14,17,19-21,35,39H,4-5,8-12,28H2,1H3,(H,36,40)(H,37,41)(H,38,42)(H,43,44)(H4,29,30,33)(H4,31,32,34). The van der Waals surface area contributed by atoms with Crippen molar-refractivity contribution in [2.45, 2.75) is 69.3 Å². The Labute approximate surface area is 254 Å². The Morgan fingerprint density at radius 1 is 0.864 bits per heavy atom. The molecule has 1 aromatic heterocycles. The van der Waals surface area contributed by atoms with Crippen molar-refractivity contribution in [3.63, 3.8) is 0 Å². The molecule has 5 unspecified atom stereocenters. The molecule has 0 fully saturated rings. The van der Waals surface area contributed by atoms with Crippen LogP contribution in [0.25, 0.3) is 10.9 Å². The Bertz CT molecular complexity index is 1330. The Hall–Kier alpha value is -4.90. The van der Waals surface area contributed by atoms with Crippen LogP contribution in [0, 0.1) is 0 Å². The average Bonchev–Trinajstić information content (AvgIpc) is 3.36. The third kappa shape index (κ3) is 11.4. The molecular formula is C27H43N11O6. The van der Waals surface area contributed by atoms with Crippen LogP contribution in [0.5, 0.6) is 0 Å². The fourth-order valence-corrected chi connectivity index (χ4v) is 4.37. The van der Waals surface area contributed by atoms with Crippen LogP contribution in [-0.4, -0.2) is 94.2 Å². The molecule has 0 saturated heterocycles. The van der Waals surface area contributed by atoms with Crippen molar-refractivity contribution < 1.29 is 29.4 Å².